The van der Waals surface area contributed by atoms with Crippen molar-refractivity contribution in [2.24, 2.45) is 0 Å². The van der Waals surface area contributed by atoms with E-state index in [4.69, 9.17) is 5.11 Å². The second kappa shape index (κ2) is 7.07. The number of carboxylic acid groups (broad SMARTS) is 1. The number of carbonyl (C=O) groups is 2. The van der Waals surface area contributed by atoms with Crippen LogP contribution in [-0.4, -0.2) is 17.1 Å². The van der Waals surface area contributed by atoms with Gasteiger partial charge in [-0.2, -0.15) is 0 Å². The fourth-order valence-corrected chi connectivity index (χ4v) is 2.02. The summed E-state index contributed by atoms with van der Waals surface area (Å²) in [6.07, 6.45) is 0. The normalized spacial score (nSPS) is 9.95. The monoisotopic (exact) mass is 396 g/mol. The Labute approximate surface area is 135 Å². The van der Waals surface area contributed by atoms with Gasteiger partial charge in [0.15, 0.2) is 0 Å². The maximum atomic E-state index is 11.7. The number of amides is 2. The quantitative estimate of drug-likeness (QED) is 0.694. The highest BCUT2D eigenvalue weighted by atomic mass is 127. The van der Waals surface area contributed by atoms with Crippen LogP contribution in [-0.2, 0) is 6.54 Å². The molecule has 108 valence electrons. The summed E-state index contributed by atoms with van der Waals surface area (Å²) >= 11 is 2.19. The molecule has 0 radical (unpaired) electrons. The van der Waals surface area contributed by atoms with Gasteiger partial charge in [-0.05, 0) is 64.6 Å². The molecule has 0 unspecified atom stereocenters. The number of carbonyl (C=O) groups excluding carboxylic acids is 1. The van der Waals surface area contributed by atoms with Gasteiger partial charge in [0.25, 0.3) is 0 Å². The number of aromatic carboxylic acids is 1. The van der Waals surface area contributed by atoms with Crippen LogP contribution in [0.3, 0.4) is 0 Å². The summed E-state index contributed by atoms with van der Waals surface area (Å²) in [5, 5.41) is 14.2. The first-order chi connectivity index (χ1) is 10.0. The molecule has 0 aliphatic rings. The number of rotatable bonds is 4. The van der Waals surface area contributed by atoms with Gasteiger partial charge in [-0.25, -0.2) is 9.59 Å². The van der Waals surface area contributed by atoms with Crippen LogP contribution in [0.4, 0.5) is 10.5 Å². The lowest BCUT2D eigenvalue weighted by atomic mass is 10.1. The van der Waals surface area contributed by atoms with E-state index in [0.717, 1.165) is 9.13 Å². The van der Waals surface area contributed by atoms with E-state index in [2.05, 4.69) is 33.2 Å². The van der Waals surface area contributed by atoms with E-state index in [1.807, 2.05) is 24.3 Å². The van der Waals surface area contributed by atoms with Crippen molar-refractivity contribution in [1.29, 1.82) is 0 Å². The van der Waals surface area contributed by atoms with E-state index in [0.29, 0.717) is 12.2 Å². The Kier molecular flexibility index (Phi) is 5.15. The number of carboxylic acids is 1. The Morgan fingerprint density at radius 2 is 1.62 bits per heavy atom. The van der Waals surface area contributed by atoms with Crippen LogP contribution in [0.25, 0.3) is 0 Å². The zero-order chi connectivity index (χ0) is 15.2. The van der Waals surface area contributed by atoms with Crippen LogP contribution in [0.15, 0.2) is 48.5 Å². The molecule has 2 rings (SSSR count). The molecule has 21 heavy (non-hydrogen) atoms. The van der Waals surface area contributed by atoms with E-state index < -0.39 is 5.97 Å². The Bertz CT molecular complexity index is 639. The Morgan fingerprint density at radius 3 is 2.19 bits per heavy atom. The first-order valence-electron chi connectivity index (χ1n) is 6.17. The molecule has 0 aliphatic carbocycles. The van der Waals surface area contributed by atoms with Gasteiger partial charge in [-0.1, -0.05) is 12.1 Å². The summed E-state index contributed by atoms with van der Waals surface area (Å²) in [5.41, 5.74) is 1.77. The molecule has 3 N–H and O–H groups in total. The van der Waals surface area contributed by atoms with Gasteiger partial charge in [0, 0.05) is 15.8 Å². The van der Waals surface area contributed by atoms with Gasteiger partial charge in [0.1, 0.15) is 0 Å². The molecule has 0 saturated carbocycles. The van der Waals surface area contributed by atoms with Crippen molar-refractivity contribution >= 4 is 40.3 Å². The smallest absolute Gasteiger partial charge is 0.335 e. The van der Waals surface area contributed by atoms with Crippen LogP contribution in [0.5, 0.6) is 0 Å². The summed E-state index contributed by atoms with van der Waals surface area (Å²) in [5.74, 6) is -0.967. The average molecular weight is 396 g/mol. The summed E-state index contributed by atoms with van der Waals surface area (Å²) in [6.45, 7) is 0.329. The molecule has 0 aliphatic heterocycles. The number of anilines is 1. The number of nitrogens with one attached hydrogen (secondary N) is 2. The summed E-state index contributed by atoms with van der Waals surface area (Å²) in [4.78, 5) is 22.5. The van der Waals surface area contributed by atoms with Crippen molar-refractivity contribution in [2.45, 2.75) is 6.54 Å². The zero-order valence-electron chi connectivity index (χ0n) is 11.0. The molecule has 2 aromatic carbocycles. The molecule has 0 bridgehead atoms. The minimum absolute atomic E-state index is 0.224. The maximum Gasteiger partial charge on any atom is 0.335 e. The molecule has 5 nitrogen and oxygen atoms in total. The number of hydrogen-bond donors (Lipinski definition) is 3. The highest BCUT2D eigenvalue weighted by molar-refractivity contribution is 14.1. The van der Waals surface area contributed by atoms with Crippen molar-refractivity contribution in [3.63, 3.8) is 0 Å². The van der Waals surface area contributed by atoms with Gasteiger partial charge in [0.2, 0.25) is 0 Å². The van der Waals surface area contributed by atoms with Gasteiger partial charge in [-0.15, -0.1) is 0 Å². The third kappa shape index (κ3) is 4.75. The minimum Gasteiger partial charge on any atom is -0.478 e. The number of halogens is 1. The van der Waals surface area contributed by atoms with Crippen LogP contribution in [0.2, 0.25) is 0 Å². The summed E-state index contributed by atoms with van der Waals surface area (Å²) < 4.78 is 1.09. The first-order valence-corrected chi connectivity index (χ1v) is 7.25. The second-order valence-corrected chi connectivity index (χ2v) is 5.56. The van der Waals surface area contributed by atoms with E-state index in [9.17, 15) is 9.59 Å². The fourth-order valence-electron chi connectivity index (χ4n) is 1.66. The Hall–Kier alpha value is -2.09. The van der Waals surface area contributed by atoms with Crippen LogP contribution >= 0.6 is 22.6 Å². The van der Waals surface area contributed by atoms with Crippen molar-refractivity contribution in [3.8, 4) is 0 Å². The number of hydrogen-bond acceptors (Lipinski definition) is 2. The minimum atomic E-state index is -0.967. The lowest BCUT2D eigenvalue weighted by Crippen LogP contribution is -2.28. The second-order valence-electron chi connectivity index (χ2n) is 4.32. The molecule has 2 amide bonds. The highest BCUT2D eigenvalue weighted by Crippen LogP contribution is 2.11. The van der Waals surface area contributed by atoms with Gasteiger partial charge in [0.05, 0.1) is 5.56 Å². The topological polar surface area (TPSA) is 78.4 Å². The molecular formula is C15H13IN2O3. The maximum absolute atomic E-state index is 11.7. The van der Waals surface area contributed by atoms with E-state index in [1.54, 1.807) is 12.1 Å². The van der Waals surface area contributed by atoms with E-state index in [-0.39, 0.29) is 11.6 Å². The standard InChI is InChI=1S/C15H13IN2O3/c16-12-5-7-13(8-6-12)18-15(21)17-9-10-1-3-11(4-2-10)14(19)20/h1-8H,9H2,(H,19,20)(H2,17,18,21). The van der Waals surface area contributed by atoms with Gasteiger partial charge >= 0.3 is 12.0 Å². The number of benzene rings is 2. The molecule has 0 heterocycles. The van der Waals surface area contributed by atoms with Crippen LogP contribution in [0, 0.1) is 3.57 Å². The van der Waals surface area contributed by atoms with Crippen molar-refractivity contribution < 1.29 is 14.7 Å². The Morgan fingerprint density at radius 1 is 1.00 bits per heavy atom. The van der Waals surface area contributed by atoms with E-state index >= 15 is 0 Å². The highest BCUT2D eigenvalue weighted by Gasteiger charge is 2.04. The average Bonchev–Trinajstić information content (AvgIpc) is 2.48. The van der Waals surface area contributed by atoms with Crippen molar-refractivity contribution in [2.75, 3.05) is 5.32 Å². The number of urea groups is 1. The lowest BCUT2D eigenvalue weighted by Gasteiger charge is -2.08. The largest absolute Gasteiger partial charge is 0.478 e. The fraction of sp³-hybridized carbons (Fsp3) is 0.0667. The molecule has 0 atom stereocenters. The summed E-state index contributed by atoms with van der Waals surface area (Å²) in [6, 6.07) is 13.5. The molecule has 6 heteroatoms. The lowest BCUT2D eigenvalue weighted by molar-refractivity contribution is 0.0697. The van der Waals surface area contributed by atoms with E-state index in [1.165, 1.54) is 12.1 Å². The van der Waals surface area contributed by atoms with Crippen molar-refractivity contribution in [3.05, 3.63) is 63.2 Å². The summed E-state index contributed by atoms with van der Waals surface area (Å²) in [7, 11) is 0. The predicted molar refractivity (Wildman–Crippen MR) is 88.4 cm³/mol. The van der Waals surface area contributed by atoms with Crippen molar-refractivity contribution in [1.82, 2.24) is 5.32 Å². The van der Waals surface area contributed by atoms with Crippen LogP contribution < -0.4 is 10.6 Å². The third-order valence-corrected chi connectivity index (χ3v) is 3.48. The zero-order valence-corrected chi connectivity index (χ0v) is 13.1. The Balaban J connectivity index is 1.86. The van der Waals surface area contributed by atoms with Crippen LogP contribution in [0.1, 0.15) is 15.9 Å². The molecule has 0 spiro atoms. The molecular weight excluding hydrogens is 383 g/mol. The predicted octanol–water partition coefficient (Wildman–Crippen LogP) is 3.31. The van der Waals surface area contributed by atoms with Gasteiger partial charge in [-0.3, -0.25) is 0 Å². The first kappa shape index (κ1) is 15.3. The third-order valence-electron chi connectivity index (χ3n) is 2.76. The molecule has 0 fully saturated rings. The SMILES string of the molecule is O=C(NCc1ccc(C(=O)O)cc1)Nc1ccc(I)cc1. The van der Waals surface area contributed by atoms with Gasteiger partial charge < -0.3 is 15.7 Å². The molecule has 2 aromatic rings. The molecule has 0 saturated heterocycles. The molecule has 0 aromatic heterocycles.